The summed E-state index contributed by atoms with van der Waals surface area (Å²) >= 11 is 0. The van der Waals surface area contributed by atoms with E-state index in [0.29, 0.717) is 12.5 Å². The minimum Gasteiger partial charge on any atom is -0.312 e. The minimum atomic E-state index is -0.125. The van der Waals surface area contributed by atoms with Gasteiger partial charge < -0.3 is 5.32 Å². The zero-order valence-corrected chi connectivity index (χ0v) is 13.2. The third-order valence-electron chi connectivity index (χ3n) is 3.41. The number of hydrogen-bond acceptors (Lipinski definition) is 3. The molecule has 1 heterocycles. The van der Waals surface area contributed by atoms with E-state index in [4.69, 9.17) is 0 Å². The first-order valence-electron chi connectivity index (χ1n) is 7.34. The summed E-state index contributed by atoms with van der Waals surface area (Å²) in [4.78, 5) is 11.9. The zero-order valence-electron chi connectivity index (χ0n) is 13.2. The Bertz CT molecular complexity index is 674. The van der Waals surface area contributed by atoms with Gasteiger partial charge in [-0.3, -0.25) is 4.79 Å². The van der Waals surface area contributed by atoms with Crippen molar-refractivity contribution >= 4 is 0 Å². The second-order valence-corrected chi connectivity index (χ2v) is 5.95. The number of nitrogens with one attached hydrogen (secondary N) is 2. The molecule has 21 heavy (non-hydrogen) atoms. The number of aromatic amines is 1. The maximum absolute atomic E-state index is 11.9. The number of nitrogens with zero attached hydrogens (tertiary/aromatic N) is 1. The molecule has 0 aliphatic heterocycles. The molecule has 0 fully saturated rings. The molecule has 4 heteroatoms. The second-order valence-electron chi connectivity index (χ2n) is 5.95. The van der Waals surface area contributed by atoms with E-state index in [2.05, 4.69) is 61.4 Å². The molecular formula is C17H23N3O. The lowest BCUT2D eigenvalue weighted by Crippen LogP contribution is -2.24. The molecule has 0 bridgehead atoms. The summed E-state index contributed by atoms with van der Waals surface area (Å²) in [6.07, 6.45) is 0. The number of rotatable bonds is 5. The Labute approximate surface area is 125 Å². The molecule has 0 radical (unpaired) electrons. The Hall–Kier alpha value is -1.94. The van der Waals surface area contributed by atoms with E-state index < -0.39 is 0 Å². The lowest BCUT2D eigenvalue weighted by atomic mass is 10.0. The lowest BCUT2D eigenvalue weighted by molar-refractivity contribution is 0.550. The molecule has 0 amide bonds. The number of H-pyrrole nitrogens is 1. The van der Waals surface area contributed by atoms with Crippen LogP contribution in [0.4, 0.5) is 0 Å². The molecule has 2 N–H and O–H groups in total. The molecule has 1 aromatic heterocycles. The standard InChI is InChI=1S/C17H23N3O/c1-11(2)9-18-10-14-8-16(19-20-17(14)21)15-6-5-12(3)7-13(15)4/h5-8,11,18H,9-10H2,1-4H3,(H,20,21). The van der Waals surface area contributed by atoms with Crippen molar-refractivity contribution in [3.8, 4) is 11.3 Å². The van der Waals surface area contributed by atoms with Gasteiger partial charge in [-0.2, -0.15) is 5.10 Å². The molecule has 0 saturated carbocycles. The number of aryl methyl sites for hydroxylation is 2. The SMILES string of the molecule is Cc1ccc(-c2cc(CNCC(C)C)c(=O)[nH]n2)c(C)c1. The molecule has 0 unspecified atom stereocenters. The van der Waals surface area contributed by atoms with Gasteiger partial charge in [0.2, 0.25) is 0 Å². The van der Waals surface area contributed by atoms with Crippen LogP contribution in [0.15, 0.2) is 29.1 Å². The van der Waals surface area contributed by atoms with E-state index in [0.717, 1.165) is 28.9 Å². The summed E-state index contributed by atoms with van der Waals surface area (Å²) in [6, 6.07) is 8.12. The Balaban J connectivity index is 2.27. The number of benzene rings is 1. The smallest absolute Gasteiger partial charge is 0.268 e. The molecule has 112 valence electrons. The van der Waals surface area contributed by atoms with Crippen molar-refractivity contribution in [1.29, 1.82) is 0 Å². The normalized spacial score (nSPS) is 11.1. The van der Waals surface area contributed by atoms with E-state index in [1.807, 2.05) is 6.07 Å². The summed E-state index contributed by atoms with van der Waals surface area (Å²) < 4.78 is 0. The lowest BCUT2D eigenvalue weighted by Gasteiger charge is -2.09. The van der Waals surface area contributed by atoms with Crippen LogP contribution in [0.25, 0.3) is 11.3 Å². The van der Waals surface area contributed by atoms with Gasteiger partial charge in [-0.1, -0.05) is 37.6 Å². The highest BCUT2D eigenvalue weighted by Gasteiger charge is 2.08. The number of hydrogen-bond donors (Lipinski definition) is 2. The second kappa shape index (κ2) is 6.68. The Morgan fingerprint density at radius 2 is 2.00 bits per heavy atom. The Morgan fingerprint density at radius 1 is 1.24 bits per heavy atom. The van der Waals surface area contributed by atoms with E-state index in [1.54, 1.807) is 0 Å². The summed E-state index contributed by atoms with van der Waals surface area (Å²) in [7, 11) is 0. The molecule has 2 aromatic rings. The van der Waals surface area contributed by atoms with Crippen LogP contribution in [0.5, 0.6) is 0 Å². The molecule has 0 spiro atoms. The van der Waals surface area contributed by atoms with E-state index in [-0.39, 0.29) is 5.56 Å². The summed E-state index contributed by atoms with van der Waals surface area (Å²) in [5.74, 6) is 0.560. The Kier molecular flexibility index (Phi) is 4.91. The fraction of sp³-hybridized carbons (Fsp3) is 0.412. The summed E-state index contributed by atoms with van der Waals surface area (Å²) in [5.41, 5.74) is 4.85. The van der Waals surface area contributed by atoms with Gasteiger partial charge in [0.15, 0.2) is 0 Å². The van der Waals surface area contributed by atoms with Gasteiger partial charge in [0.1, 0.15) is 0 Å². The molecule has 2 rings (SSSR count). The van der Waals surface area contributed by atoms with E-state index >= 15 is 0 Å². The van der Waals surface area contributed by atoms with Crippen molar-refractivity contribution in [2.75, 3.05) is 6.54 Å². The Morgan fingerprint density at radius 3 is 2.67 bits per heavy atom. The van der Waals surface area contributed by atoms with Gasteiger partial charge in [-0.05, 0) is 37.9 Å². The van der Waals surface area contributed by atoms with Gasteiger partial charge in [0, 0.05) is 17.7 Å². The largest absolute Gasteiger partial charge is 0.312 e. The summed E-state index contributed by atoms with van der Waals surface area (Å²) in [5, 5.41) is 10.1. The van der Waals surface area contributed by atoms with Crippen LogP contribution < -0.4 is 10.9 Å². The molecule has 0 atom stereocenters. The highest BCUT2D eigenvalue weighted by molar-refractivity contribution is 5.63. The molecule has 4 nitrogen and oxygen atoms in total. The third-order valence-corrected chi connectivity index (χ3v) is 3.41. The van der Waals surface area contributed by atoms with E-state index in [1.165, 1.54) is 5.56 Å². The van der Waals surface area contributed by atoms with Crippen LogP contribution in [0.2, 0.25) is 0 Å². The highest BCUT2D eigenvalue weighted by Crippen LogP contribution is 2.21. The predicted molar refractivity (Wildman–Crippen MR) is 86.3 cm³/mol. The molecule has 0 saturated heterocycles. The molecule has 0 aliphatic rings. The van der Waals surface area contributed by atoms with Gasteiger partial charge in [0.05, 0.1) is 5.69 Å². The van der Waals surface area contributed by atoms with Crippen LogP contribution in [0.3, 0.4) is 0 Å². The first-order chi connectivity index (χ1) is 9.97. The molecule has 1 aromatic carbocycles. The van der Waals surface area contributed by atoms with Crippen LogP contribution in [0.1, 0.15) is 30.5 Å². The molecule has 0 aliphatic carbocycles. The van der Waals surface area contributed by atoms with Crippen molar-refractivity contribution in [1.82, 2.24) is 15.5 Å². The van der Waals surface area contributed by atoms with Gasteiger partial charge in [0.25, 0.3) is 5.56 Å². The van der Waals surface area contributed by atoms with Crippen LogP contribution in [0, 0.1) is 19.8 Å². The fourth-order valence-electron chi connectivity index (χ4n) is 2.31. The minimum absolute atomic E-state index is 0.125. The van der Waals surface area contributed by atoms with Gasteiger partial charge in [-0.15, -0.1) is 0 Å². The topological polar surface area (TPSA) is 57.8 Å². The van der Waals surface area contributed by atoms with Crippen molar-refractivity contribution in [2.45, 2.75) is 34.2 Å². The maximum atomic E-state index is 11.9. The van der Waals surface area contributed by atoms with Crippen molar-refractivity contribution in [3.05, 3.63) is 51.3 Å². The highest BCUT2D eigenvalue weighted by atomic mass is 16.1. The van der Waals surface area contributed by atoms with Crippen LogP contribution in [-0.4, -0.2) is 16.7 Å². The van der Waals surface area contributed by atoms with Crippen molar-refractivity contribution < 1.29 is 0 Å². The fourth-order valence-corrected chi connectivity index (χ4v) is 2.31. The third kappa shape index (κ3) is 4.02. The number of aromatic nitrogens is 2. The van der Waals surface area contributed by atoms with Crippen LogP contribution >= 0.6 is 0 Å². The van der Waals surface area contributed by atoms with Gasteiger partial charge in [-0.25, -0.2) is 5.10 Å². The molecular weight excluding hydrogens is 262 g/mol. The monoisotopic (exact) mass is 285 g/mol. The predicted octanol–water partition coefficient (Wildman–Crippen LogP) is 2.80. The van der Waals surface area contributed by atoms with Gasteiger partial charge >= 0.3 is 0 Å². The zero-order chi connectivity index (χ0) is 15.4. The van der Waals surface area contributed by atoms with Crippen molar-refractivity contribution in [3.63, 3.8) is 0 Å². The van der Waals surface area contributed by atoms with Crippen molar-refractivity contribution in [2.24, 2.45) is 5.92 Å². The maximum Gasteiger partial charge on any atom is 0.268 e. The average Bonchev–Trinajstić information content (AvgIpc) is 2.41. The average molecular weight is 285 g/mol. The first-order valence-corrected chi connectivity index (χ1v) is 7.34. The quantitative estimate of drug-likeness (QED) is 0.888. The summed E-state index contributed by atoms with van der Waals surface area (Å²) in [6.45, 7) is 9.87. The van der Waals surface area contributed by atoms with Crippen LogP contribution in [-0.2, 0) is 6.54 Å². The van der Waals surface area contributed by atoms with E-state index in [9.17, 15) is 4.79 Å². The first kappa shape index (κ1) is 15.4.